The largest absolute Gasteiger partial charge is 0.352 e. The number of benzene rings is 1. The van der Waals surface area contributed by atoms with Gasteiger partial charge in [0.25, 0.3) is 0 Å². The van der Waals surface area contributed by atoms with E-state index >= 15 is 0 Å². The zero-order valence-electron chi connectivity index (χ0n) is 17.1. The summed E-state index contributed by atoms with van der Waals surface area (Å²) < 4.78 is 0. The van der Waals surface area contributed by atoms with Gasteiger partial charge in [0.1, 0.15) is 0 Å². The van der Waals surface area contributed by atoms with Crippen molar-refractivity contribution in [2.75, 3.05) is 6.54 Å². The van der Waals surface area contributed by atoms with E-state index in [9.17, 15) is 4.79 Å². The van der Waals surface area contributed by atoms with Crippen LogP contribution in [0.1, 0.15) is 71.6 Å². The summed E-state index contributed by atoms with van der Waals surface area (Å²) in [4.78, 5) is 11.8. The molecule has 1 aliphatic rings. The average molecular weight is 375 g/mol. The number of amides is 1. The predicted octanol–water partition coefficient (Wildman–Crippen LogP) is 5.66. The molecule has 0 saturated carbocycles. The highest BCUT2D eigenvalue weighted by atomic mass is 32.2. The van der Waals surface area contributed by atoms with Crippen molar-refractivity contribution in [2.45, 2.75) is 66.5 Å². The van der Waals surface area contributed by atoms with Crippen LogP contribution in [0, 0.1) is 0 Å². The Balaban J connectivity index is 0.000000472. The second-order valence-electron chi connectivity index (χ2n) is 7.27. The lowest BCUT2D eigenvalue weighted by Crippen LogP contribution is -2.16. The van der Waals surface area contributed by atoms with Crippen LogP contribution >= 0.6 is 11.8 Å². The molecule has 2 N–H and O–H groups in total. The van der Waals surface area contributed by atoms with Crippen LogP contribution in [0.25, 0.3) is 4.91 Å². The second-order valence-corrected chi connectivity index (χ2v) is 8.15. The average Bonchev–Trinajstić information content (AvgIpc) is 3.07. The number of hydrogen-bond acceptors (Lipinski definition) is 3. The monoisotopic (exact) mass is 374 g/mol. The summed E-state index contributed by atoms with van der Waals surface area (Å²) in [5, 5.41) is 8.26. The Morgan fingerprint density at radius 1 is 1.23 bits per heavy atom. The van der Waals surface area contributed by atoms with Crippen LogP contribution in [0.2, 0.25) is 0 Å². The lowest BCUT2D eigenvalue weighted by Gasteiger charge is -2.13. The quantitative estimate of drug-likeness (QED) is 0.631. The Hall–Kier alpha value is -1.52. The summed E-state index contributed by atoms with van der Waals surface area (Å²) in [6, 6.07) is 9.22. The molecule has 1 aromatic carbocycles. The van der Waals surface area contributed by atoms with E-state index < -0.39 is 0 Å². The van der Waals surface area contributed by atoms with Crippen molar-refractivity contribution >= 4 is 23.1 Å². The van der Waals surface area contributed by atoms with Crippen LogP contribution in [0.15, 0.2) is 40.8 Å². The van der Waals surface area contributed by atoms with Crippen molar-refractivity contribution in [1.82, 2.24) is 10.6 Å². The summed E-state index contributed by atoms with van der Waals surface area (Å²) in [7, 11) is 0. The molecule has 1 amide bonds. The van der Waals surface area contributed by atoms with Crippen LogP contribution in [-0.4, -0.2) is 19.0 Å². The third-order valence-corrected chi connectivity index (χ3v) is 5.63. The molecule has 3 nitrogen and oxygen atoms in total. The molecule has 0 aliphatic carbocycles. The van der Waals surface area contributed by atoms with Crippen molar-refractivity contribution in [1.29, 1.82) is 0 Å². The highest BCUT2D eigenvalue weighted by Crippen LogP contribution is 2.33. The Bertz CT molecular complexity index is 606. The number of rotatable bonds is 6. The van der Waals surface area contributed by atoms with E-state index in [1.165, 1.54) is 41.0 Å². The summed E-state index contributed by atoms with van der Waals surface area (Å²) >= 11 is 1.76. The van der Waals surface area contributed by atoms with E-state index in [0.717, 1.165) is 18.0 Å². The molecule has 1 unspecified atom stereocenters. The Labute approximate surface area is 163 Å². The molecule has 0 aromatic heterocycles. The van der Waals surface area contributed by atoms with Crippen molar-refractivity contribution in [3.05, 3.63) is 51.9 Å². The molecule has 1 aromatic rings. The van der Waals surface area contributed by atoms with Crippen molar-refractivity contribution < 1.29 is 4.79 Å². The number of thioether (sulfide) groups is 1. The second kappa shape index (κ2) is 12.0. The van der Waals surface area contributed by atoms with Crippen molar-refractivity contribution in [2.24, 2.45) is 0 Å². The van der Waals surface area contributed by atoms with E-state index in [-0.39, 0.29) is 6.04 Å². The lowest BCUT2D eigenvalue weighted by atomic mass is 10.0. The topological polar surface area (TPSA) is 41.1 Å². The van der Waals surface area contributed by atoms with Crippen molar-refractivity contribution in [3.8, 4) is 0 Å². The zero-order valence-corrected chi connectivity index (χ0v) is 17.9. The van der Waals surface area contributed by atoms with Crippen LogP contribution in [0.5, 0.6) is 0 Å². The molecule has 26 heavy (non-hydrogen) atoms. The fraction of sp³-hybridized carbons (Fsp3) is 0.500. The van der Waals surface area contributed by atoms with Gasteiger partial charge in [0.2, 0.25) is 6.41 Å². The molecule has 1 fully saturated rings. The van der Waals surface area contributed by atoms with Gasteiger partial charge in [-0.2, -0.15) is 0 Å². The molecule has 2 atom stereocenters. The first-order valence-corrected chi connectivity index (χ1v) is 10.2. The van der Waals surface area contributed by atoms with Crippen LogP contribution < -0.4 is 10.6 Å². The van der Waals surface area contributed by atoms with Crippen LogP contribution in [0.3, 0.4) is 0 Å². The normalized spacial score (nSPS) is 16.8. The summed E-state index contributed by atoms with van der Waals surface area (Å²) in [6.45, 7) is 13.9. The highest BCUT2D eigenvalue weighted by Gasteiger charge is 2.07. The van der Waals surface area contributed by atoms with Crippen LogP contribution in [0.4, 0.5) is 0 Å². The molecule has 0 radical (unpaired) electrons. The zero-order chi connectivity index (χ0) is 19.5. The van der Waals surface area contributed by atoms with Crippen molar-refractivity contribution in [3.63, 3.8) is 0 Å². The van der Waals surface area contributed by atoms with Gasteiger partial charge in [0.15, 0.2) is 0 Å². The van der Waals surface area contributed by atoms with E-state index in [4.69, 9.17) is 0 Å². The first-order valence-electron chi connectivity index (χ1n) is 9.36. The fourth-order valence-electron chi connectivity index (χ4n) is 2.63. The van der Waals surface area contributed by atoms with Gasteiger partial charge in [-0.25, -0.2) is 0 Å². The predicted molar refractivity (Wildman–Crippen MR) is 116 cm³/mol. The molecule has 1 saturated heterocycles. The third kappa shape index (κ3) is 8.24. The van der Waals surface area contributed by atoms with E-state index in [1.54, 1.807) is 11.8 Å². The van der Waals surface area contributed by atoms with Gasteiger partial charge >= 0.3 is 0 Å². The SMILES string of the molecule is CC(C)=CSC(=C(C)C)c1ccc([C@H](C)NC=O)cc1.CC1CCCN1. The molecular formula is C22H34N2OS. The summed E-state index contributed by atoms with van der Waals surface area (Å²) in [5.41, 5.74) is 4.93. The highest BCUT2D eigenvalue weighted by molar-refractivity contribution is 8.11. The first-order chi connectivity index (χ1) is 12.3. The number of nitrogens with one attached hydrogen (secondary N) is 2. The van der Waals surface area contributed by atoms with Gasteiger partial charge in [-0.1, -0.05) is 47.2 Å². The molecule has 0 bridgehead atoms. The van der Waals surface area contributed by atoms with Gasteiger partial charge in [-0.3, -0.25) is 4.79 Å². The molecule has 1 heterocycles. The molecule has 4 heteroatoms. The van der Waals surface area contributed by atoms with Crippen LogP contribution in [-0.2, 0) is 4.79 Å². The fourth-order valence-corrected chi connectivity index (χ4v) is 3.49. The number of carbonyl (C=O) groups excluding carboxylic acids is 1. The summed E-state index contributed by atoms with van der Waals surface area (Å²) in [6.07, 6.45) is 3.49. The minimum Gasteiger partial charge on any atom is -0.352 e. The molecule has 1 aliphatic heterocycles. The van der Waals surface area contributed by atoms with E-state index in [0.29, 0.717) is 0 Å². The minimum absolute atomic E-state index is 0.0436. The Kier molecular flexibility index (Phi) is 10.4. The number of allylic oxidation sites excluding steroid dienone is 2. The van der Waals surface area contributed by atoms with E-state index in [2.05, 4.69) is 74.9 Å². The third-order valence-electron chi connectivity index (χ3n) is 4.16. The molecule has 144 valence electrons. The summed E-state index contributed by atoms with van der Waals surface area (Å²) in [5.74, 6) is 0. The molecule has 2 rings (SSSR count). The lowest BCUT2D eigenvalue weighted by molar-refractivity contribution is -0.110. The standard InChI is InChI=1S/C17H23NOS.C5H11N/c1-12(2)10-20-17(13(3)4)16-8-6-15(7-9-16)14(5)18-11-19;1-5-3-2-4-6-5/h6-11,14H,1-5H3,(H,18,19);5-6H,2-4H2,1H3/t14-;/m0./s1. The maximum Gasteiger partial charge on any atom is 0.207 e. The Morgan fingerprint density at radius 3 is 2.27 bits per heavy atom. The minimum atomic E-state index is 0.0436. The maximum absolute atomic E-state index is 10.5. The maximum atomic E-state index is 10.5. The number of carbonyl (C=O) groups is 1. The van der Waals surface area contributed by atoms with E-state index in [1.807, 2.05) is 6.92 Å². The molecular weight excluding hydrogens is 340 g/mol. The smallest absolute Gasteiger partial charge is 0.207 e. The molecule has 0 spiro atoms. The van der Waals surface area contributed by atoms with Gasteiger partial charge < -0.3 is 10.6 Å². The number of hydrogen-bond donors (Lipinski definition) is 2. The Morgan fingerprint density at radius 2 is 1.88 bits per heavy atom. The van der Waals surface area contributed by atoms with Gasteiger partial charge in [-0.05, 0) is 77.5 Å². The van der Waals surface area contributed by atoms with Gasteiger partial charge in [0, 0.05) is 10.9 Å². The van der Waals surface area contributed by atoms with Gasteiger partial charge in [-0.15, -0.1) is 0 Å². The van der Waals surface area contributed by atoms with Gasteiger partial charge in [0.05, 0.1) is 6.04 Å². The first kappa shape index (κ1) is 22.5.